The molecule has 1 fully saturated rings. The van der Waals surface area contributed by atoms with Gasteiger partial charge in [0.25, 0.3) is 0 Å². The van der Waals surface area contributed by atoms with Crippen molar-refractivity contribution in [3.63, 3.8) is 0 Å². The van der Waals surface area contributed by atoms with E-state index in [1.807, 2.05) is 36.1 Å². The lowest BCUT2D eigenvalue weighted by molar-refractivity contribution is -0.127. The fraction of sp³-hybridized carbons (Fsp3) is 0.238. The Morgan fingerprint density at radius 1 is 0.849 bits per heavy atom. The molecule has 0 radical (unpaired) electrons. The van der Waals surface area contributed by atoms with Crippen LogP contribution in [0.15, 0.2) is 103 Å². The molecule has 53 heavy (non-hydrogen) atoms. The van der Waals surface area contributed by atoms with Crippen molar-refractivity contribution in [2.24, 2.45) is 0 Å². The standard InChI is InChI=1S/C42H39Cl2N5O4/c1-30-23-35(24-38(43)42(30)53-40-16-14-37(27-47-40)52-29-34-10-6-32(25-45)7-11-34)12-17-41(50)49-20-18-48(19-21-49)28-33-8-4-31(5-9-33)3-2-22-51-36-13-15-39(44)46-26-36/h4-17,23-24,26-27H,2-3,18-22,28-29H2,1H3/b17-12+. The first-order valence-corrected chi connectivity index (χ1v) is 18.1. The summed E-state index contributed by atoms with van der Waals surface area (Å²) in [6, 6.07) is 28.8. The number of pyridine rings is 2. The van der Waals surface area contributed by atoms with Gasteiger partial charge >= 0.3 is 0 Å². The Morgan fingerprint density at radius 2 is 1.55 bits per heavy atom. The van der Waals surface area contributed by atoms with E-state index in [1.165, 1.54) is 11.1 Å². The minimum atomic E-state index is -0.0231. The zero-order chi connectivity index (χ0) is 37.0. The van der Waals surface area contributed by atoms with E-state index < -0.39 is 0 Å². The van der Waals surface area contributed by atoms with Crippen LogP contribution in [0.25, 0.3) is 6.08 Å². The van der Waals surface area contributed by atoms with Crippen LogP contribution in [0, 0.1) is 18.3 Å². The predicted molar refractivity (Wildman–Crippen MR) is 206 cm³/mol. The highest BCUT2D eigenvalue weighted by Gasteiger charge is 2.20. The van der Waals surface area contributed by atoms with E-state index in [0.29, 0.717) is 59.4 Å². The summed E-state index contributed by atoms with van der Waals surface area (Å²) in [7, 11) is 0. The van der Waals surface area contributed by atoms with Gasteiger partial charge in [-0.05, 0) is 96.1 Å². The molecule has 3 aromatic carbocycles. The molecule has 2 aromatic heterocycles. The van der Waals surface area contributed by atoms with Gasteiger partial charge in [0.15, 0.2) is 5.75 Å². The van der Waals surface area contributed by atoms with Crippen LogP contribution in [0.3, 0.4) is 0 Å². The first-order chi connectivity index (χ1) is 25.8. The molecule has 0 atom stereocenters. The topological polar surface area (TPSA) is 101 Å². The van der Waals surface area contributed by atoms with Gasteiger partial charge in [-0.15, -0.1) is 0 Å². The lowest BCUT2D eigenvalue weighted by Gasteiger charge is -2.34. The van der Waals surface area contributed by atoms with Crippen molar-refractivity contribution < 1.29 is 19.0 Å². The molecule has 3 heterocycles. The molecule has 1 amide bonds. The van der Waals surface area contributed by atoms with Crippen molar-refractivity contribution in [2.45, 2.75) is 32.9 Å². The van der Waals surface area contributed by atoms with Crippen LogP contribution in [0.1, 0.15) is 39.8 Å². The molecule has 1 aliphatic heterocycles. The van der Waals surface area contributed by atoms with E-state index in [0.717, 1.165) is 54.9 Å². The lowest BCUT2D eigenvalue weighted by atomic mass is 10.1. The number of nitriles is 1. The Bertz CT molecular complexity index is 2020. The third-order valence-electron chi connectivity index (χ3n) is 8.77. The maximum absolute atomic E-state index is 13.1. The zero-order valence-corrected chi connectivity index (χ0v) is 30.9. The number of aromatic nitrogens is 2. The molecule has 1 saturated heterocycles. The molecule has 270 valence electrons. The first-order valence-electron chi connectivity index (χ1n) is 17.4. The highest BCUT2D eigenvalue weighted by molar-refractivity contribution is 6.32. The minimum absolute atomic E-state index is 0.0231. The normalized spacial score (nSPS) is 13.1. The average molecular weight is 749 g/mol. The summed E-state index contributed by atoms with van der Waals surface area (Å²) in [4.78, 5) is 25.7. The van der Waals surface area contributed by atoms with Crippen molar-refractivity contribution in [2.75, 3.05) is 32.8 Å². The lowest BCUT2D eigenvalue weighted by Crippen LogP contribution is -2.47. The van der Waals surface area contributed by atoms with Crippen LogP contribution in [0.2, 0.25) is 10.2 Å². The van der Waals surface area contributed by atoms with Gasteiger partial charge in [-0.1, -0.05) is 59.6 Å². The number of carbonyl (C=O) groups is 1. The van der Waals surface area contributed by atoms with Crippen LogP contribution in [0.5, 0.6) is 23.1 Å². The van der Waals surface area contributed by atoms with Crippen molar-refractivity contribution in [1.82, 2.24) is 19.8 Å². The Labute approximate surface area is 320 Å². The van der Waals surface area contributed by atoms with Crippen molar-refractivity contribution in [3.8, 4) is 29.2 Å². The highest BCUT2D eigenvalue weighted by atomic mass is 35.5. The number of hydrogen-bond donors (Lipinski definition) is 0. The molecule has 1 aliphatic rings. The number of benzene rings is 3. The first kappa shape index (κ1) is 37.4. The Morgan fingerprint density at radius 3 is 2.23 bits per heavy atom. The molecule has 11 heteroatoms. The number of hydrogen-bond acceptors (Lipinski definition) is 8. The maximum Gasteiger partial charge on any atom is 0.246 e. The number of piperazine rings is 1. The molecular formula is C42H39Cl2N5O4. The number of amides is 1. The summed E-state index contributed by atoms with van der Waals surface area (Å²) >= 11 is 12.4. The largest absolute Gasteiger partial charge is 0.492 e. The van der Waals surface area contributed by atoms with Gasteiger partial charge in [0.1, 0.15) is 23.3 Å². The van der Waals surface area contributed by atoms with Gasteiger partial charge in [0.2, 0.25) is 11.8 Å². The van der Waals surface area contributed by atoms with Crippen LogP contribution < -0.4 is 14.2 Å². The number of ether oxygens (including phenoxy) is 3. The molecule has 0 saturated carbocycles. The minimum Gasteiger partial charge on any atom is -0.492 e. The molecule has 6 rings (SSSR count). The van der Waals surface area contributed by atoms with Gasteiger partial charge in [0, 0.05) is 44.9 Å². The van der Waals surface area contributed by atoms with E-state index >= 15 is 0 Å². The molecular weight excluding hydrogens is 709 g/mol. The maximum atomic E-state index is 13.1. The van der Waals surface area contributed by atoms with E-state index in [-0.39, 0.29) is 5.91 Å². The number of halogens is 2. The van der Waals surface area contributed by atoms with Gasteiger partial charge in [-0.3, -0.25) is 9.69 Å². The van der Waals surface area contributed by atoms with Gasteiger partial charge in [0.05, 0.1) is 35.7 Å². The van der Waals surface area contributed by atoms with Crippen molar-refractivity contribution in [1.29, 1.82) is 5.26 Å². The van der Waals surface area contributed by atoms with Gasteiger partial charge in [-0.25, -0.2) is 9.97 Å². The number of rotatable bonds is 14. The Hall–Kier alpha value is -5.40. The van der Waals surface area contributed by atoms with Gasteiger partial charge < -0.3 is 19.1 Å². The second kappa shape index (κ2) is 18.4. The van der Waals surface area contributed by atoms with E-state index in [4.69, 9.17) is 42.7 Å². The summed E-state index contributed by atoms with van der Waals surface area (Å²) < 4.78 is 17.6. The summed E-state index contributed by atoms with van der Waals surface area (Å²) in [6.07, 6.45) is 8.47. The summed E-state index contributed by atoms with van der Waals surface area (Å²) in [5.74, 6) is 2.16. The monoisotopic (exact) mass is 747 g/mol. The third kappa shape index (κ3) is 11.0. The number of aryl methyl sites for hydroxylation is 2. The molecule has 9 nitrogen and oxygen atoms in total. The van der Waals surface area contributed by atoms with E-state index in [9.17, 15) is 4.79 Å². The van der Waals surface area contributed by atoms with Gasteiger partial charge in [-0.2, -0.15) is 5.26 Å². The molecule has 0 aliphatic carbocycles. The van der Waals surface area contributed by atoms with E-state index in [2.05, 4.69) is 45.2 Å². The summed E-state index contributed by atoms with van der Waals surface area (Å²) in [6.45, 7) is 6.69. The average Bonchev–Trinajstić information content (AvgIpc) is 3.18. The van der Waals surface area contributed by atoms with Crippen LogP contribution >= 0.6 is 23.2 Å². The number of carbonyl (C=O) groups excluding carboxylic acids is 1. The third-order valence-corrected chi connectivity index (χ3v) is 9.27. The highest BCUT2D eigenvalue weighted by Crippen LogP contribution is 2.34. The fourth-order valence-electron chi connectivity index (χ4n) is 5.82. The van der Waals surface area contributed by atoms with Crippen LogP contribution in [0.4, 0.5) is 0 Å². The van der Waals surface area contributed by atoms with Crippen molar-refractivity contribution in [3.05, 3.63) is 147 Å². The fourth-order valence-corrected chi connectivity index (χ4v) is 6.25. The predicted octanol–water partition coefficient (Wildman–Crippen LogP) is 8.70. The molecule has 0 N–H and O–H groups in total. The SMILES string of the molecule is Cc1cc(/C=C/C(=O)N2CCN(Cc3ccc(CCCOc4ccc(Cl)nc4)cc3)CC2)cc(Cl)c1Oc1ccc(OCc2ccc(C#N)cc2)cn1. The van der Waals surface area contributed by atoms with Crippen LogP contribution in [-0.4, -0.2) is 58.5 Å². The zero-order valence-electron chi connectivity index (χ0n) is 29.4. The summed E-state index contributed by atoms with van der Waals surface area (Å²) in [5, 5.41) is 9.83. The second-order valence-electron chi connectivity index (χ2n) is 12.7. The Kier molecular flexibility index (Phi) is 13.0. The Balaban J connectivity index is 0.917. The number of nitrogens with zero attached hydrogens (tertiary/aromatic N) is 5. The molecule has 0 spiro atoms. The quantitative estimate of drug-likeness (QED) is 0.0632. The van der Waals surface area contributed by atoms with Crippen LogP contribution in [-0.2, 0) is 24.4 Å². The second-order valence-corrected chi connectivity index (χ2v) is 13.5. The van der Waals surface area contributed by atoms with Crippen molar-refractivity contribution >= 4 is 35.2 Å². The smallest absolute Gasteiger partial charge is 0.246 e. The van der Waals surface area contributed by atoms with E-state index in [1.54, 1.807) is 60.9 Å². The molecule has 0 unspecified atom stereocenters. The molecule has 0 bridgehead atoms. The molecule has 5 aromatic rings. The summed E-state index contributed by atoms with van der Waals surface area (Å²) in [5.41, 5.74) is 5.71.